The summed E-state index contributed by atoms with van der Waals surface area (Å²) < 4.78 is 66.9. The maximum Gasteiger partial charge on any atom is 0.511 e. The summed E-state index contributed by atoms with van der Waals surface area (Å²) in [4.78, 5) is 0. The third kappa shape index (κ3) is 4.46. The molecule has 0 unspecified atom stereocenters. The fourth-order valence-electron chi connectivity index (χ4n) is 2.00. The van der Waals surface area contributed by atoms with Crippen LogP contribution in [0.5, 0.6) is 0 Å². The van der Waals surface area contributed by atoms with Crippen molar-refractivity contribution < 1.29 is 41.6 Å². The van der Waals surface area contributed by atoms with Gasteiger partial charge >= 0.3 is 15.5 Å². The molecule has 12 heteroatoms. The predicted molar refractivity (Wildman–Crippen MR) is 76.7 cm³/mol. The summed E-state index contributed by atoms with van der Waals surface area (Å²) in [6.45, 7) is 4.11. The van der Waals surface area contributed by atoms with Crippen molar-refractivity contribution in [2.45, 2.75) is 42.8 Å². The lowest BCUT2D eigenvalue weighted by Gasteiger charge is -2.39. The standard InChI is InChI=1S/C12H19F3N2O6S/c1-5(2)8-3-6(16)9(17-24(21,22)12(13,14)15)11(23-8)10(20)7(19)4-18/h3,6-7,9-11,17-20H,1,4,16H2,2H3/t6-,7+,9+,10+,11+/m0/s1. The number of nitrogens with two attached hydrogens (primary N) is 1. The van der Waals surface area contributed by atoms with Crippen molar-refractivity contribution in [2.75, 3.05) is 6.61 Å². The fraction of sp³-hybridized carbons (Fsp3) is 0.667. The smallest absolute Gasteiger partial charge is 0.486 e. The van der Waals surface area contributed by atoms with Gasteiger partial charge < -0.3 is 25.8 Å². The minimum Gasteiger partial charge on any atom is -0.486 e. The molecule has 1 aliphatic rings. The van der Waals surface area contributed by atoms with Gasteiger partial charge in [0.25, 0.3) is 0 Å². The number of allylic oxidation sites excluding steroid dienone is 1. The third-order valence-corrected chi connectivity index (χ3v) is 4.50. The molecular weight excluding hydrogens is 357 g/mol. The Kier molecular flexibility index (Phi) is 6.41. The zero-order chi connectivity index (χ0) is 18.9. The van der Waals surface area contributed by atoms with Crippen molar-refractivity contribution in [3.8, 4) is 0 Å². The van der Waals surface area contributed by atoms with Crippen LogP contribution in [0.4, 0.5) is 13.2 Å². The van der Waals surface area contributed by atoms with Crippen LogP contribution in [0.15, 0.2) is 24.0 Å². The van der Waals surface area contributed by atoms with Crippen molar-refractivity contribution in [2.24, 2.45) is 5.73 Å². The second kappa shape index (κ2) is 7.37. The van der Waals surface area contributed by atoms with E-state index in [1.165, 1.54) is 11.6 Å². The first-order valence-electron chi connectivity index (χ1n) is 6.67. The molecule has 0 amide bonds. The van der Waals surface area contributed by atoms with E-state index in [0.29, 0.717) is 5.57 Å². The molecular formula is C12H19F3N2O6S. The number of ether oxygens (including phenoxy) is 1. The van der Waals surface area contributed by atoms with Crippen LogP contribution >= 0.6 is 0 Å². The van der Waals surface area contributed by atoms with Crippen molar-refractivity contribution >= 4 is 10.0 Å². The van der Waals surface area contributed by atoms with Gasteiger partial charge in [-0.2, -0.15) is 17.9 Å². The van der Waals surface area contributed by atoms with E-state index in [1.807, 2.05) is 0 Å². The maximum absolute atomic E-state index is 12.6. The van der Waals surface area contributed by atoms with E-state index in [4.69, 9.17) is 15.6 Å². The summed E-state index contributed by atoms with van der Waals surface area (Å²) in [6.07, 6.45) is -4.24. The molecule has 6 N–H and O–H groups in total. The number of halogens is 3. The van der Waals surface area contributed by atoms with Crippen molar-refractivity contribution in [1.82, 2.24) is 4.72 Å². The Balaban J connectivity index is 3.23. The highest BCUT2D eigenvalue weighted by Crippen LogP contribution is 2.28. The predicted octanol–water partition coefficient (Wildman–Crippen LogP) is -1.31. The van der Waals surface area contributed by atoms with Crippen LogP contribution in [0.2, 0.25) is 0 Å². The number of hydrogen-bond donors (Lipinski definition) is 5. The highest BCUT2D eigenvalue weighted by Gasteiger charge is 2.51. The molecule has 1 heterocycles. The first kappa shape index (κ1) is 20.9. The lowest BCUT2D eigenvalue weighted by atomic mass is 9.93. The Bertz CT molecular complexity index is 606. The molecule has 24 heavy (non-hydrogen) atoms. The molecule has 0 aliphatic carbocycles. The lowest BCUT2D eigenvalue weighted by molar-refractivity contribution is -0.0999. The van der Waals surface area contributed by atoms with Crippen LogP contribution < -0.4 is 10.5 Å². The largest absolute Gasteiger partial charge is 0.511 e. The average molecular weight is 376 g/mol. The first-order chi connectivity index (χ1) is 10.8. The van der Waals surface area contributed by atoms with E-state index in [1.54, 1.807) is 0 Å². The molecule has 0 radical (unpaired) electrons. The summed E-state index contributed by atoms with van der Waals surface area (Å²) >= 11 is 0. The van der Waals surface area contributed by atoms with Gasteiger partial charge in [0, 0.05) is 6.04 Å². The van der Waals surface area contributed by atoms with E-state index >= 15 is 0 Å². The van der Waals surface area contributed by atoms with Crippen LogP contribution in [-0.2, 0) is 14.8 Å². The summed E-state index contributed by atoms with van der Waals surface area (Å²) in [7, 11) is -5.78. The zero-order valence-electron chi connectivity index (χ0n) is 12.6. The van der Waals surface area contributed by atoms with Crippen LogP contribution in [0, 0.1) is 0 Å². The summed E-state index contributed by atoms with van der Waals surface area (Å²) in [6, 6.07) is -3.05. The number of aliphatic hydroxyl groups excluding tert-OH is 3. The van der Waals surface area contributed by atoms with E-state index in [9.17, 15) is 31.8 Å². The zero-order valence-corrected chi connectivity index (χ0v) is 13.4. The Labute approximate surface area is 136 Å². The summed E-state index contributed by atoms with van der Waals surface area (Å²) in [5, 5.41) is 28.3. The van der Waals surface area contributed by atoms with Crippen LogP contribution in [-0.4, -0.2) is 66.2 Å². The Hall–Kier alpha value is -1.18. The topological polar surface area (TPSA) is 142 Å². The van der Waals surface area contributed by atoms with Gasteiger partial charge in [-0.25, -0.2) is 8.42 Å². The molecule has 0 aromatic carbocycles. The second-order valence-electron chi connectivity index (χ2n) is 5.30. The van der Waals surface area contributed by atoms with Gasteiger partial charge in [0.15, 0.2) is 0 Å². The minimum absolute atomic E-state index is 0.0270. The van der Waals surface area contributed by atoms with E-state index in [-0.39, 0.29) is 5.76 Å². The molecule has 0 bridgehead atoms. The van der Waals surface area contributed by atoms with Gasteiger partial charge in [-0.15, -0.1) is 0 Å². The first-order valence-corrected chi connectivity index (χ1v) is 8.15. The van der Waals surface area contributed by atoms with Gasteiger partial charge in [0.1, 0.15) is 24.1 Å². The molecule has 1 rings (SSSR count). The number of sulfonamides is 1. The third-order valence-electron chi connectivity index (χ3n) is 3.31. The van der Waals surface area contributed by atoms with Gasteiger partial charge in [-0.05, 0) is 18.6 Å². The number of nitrogens with one attached hydrogen (secondary N) is 1. The number of rotatable bonds is 6. The molecule has 5 atom stereocenters. The highest BCUT2D eigenvalue weighted by atomic mass is 32.2. The van der Waals surface area contributed by atoms with Gasteiger partial charge in [0.2, 0.25) is 0 Å². The average Bonchev–Trinajstić information content (AvgIpc) is 2.45. The summed E-state index contributed by atoms with van der Waals surface area (Å²) in [5.41, 5.74) is 0.397. The summed E-state index contributed by atoms with van der Waals surface area (Å²) in [5.74, 6) is 0.0270. The molecule has 1 aliphatic heterocycles. The molecule has 0 saturated heterocycles. The highest BCUT2D eigenvalue weighted by molar-refractivity contribution is 7.90. The monoisotopic (exact) mass is 376 g/mol. The van der Waals surface area contributed by atoms with Gasteiger partial charge in [0.05, 0.1) is 12.6 Å². The minimum atomic E-state index is -5.78. The fourth-order valence-corrected chi connectivity index (χ4v) is 2.78. The molecule has 8 nitrogen and oxygen atoms in total. The Morgan fingerprint density at radius 2 is 2.04 bits per heavy atom. The van der Waals surface area contributed by atoms with Crippen molar-refractivity contribution in [1.29, 1.82) is 0 Å². The number of aliphatic hydroxyl groups is 3. The van der Waals surface area contributed by atoms with Crippen molar-refractivity contribution in [3.63, 3.8) is 0 Å². The molecule has 0 aromatic rings. The Morgan fingerprint density at radius 3 is 2.46 bits per heavy atom. The van der Waals surface area contributed by atoms with Gasteiger partial charge in [-0.3, -0.25) is 0 Å². The van der Waals surface area contributed by atoms with E-state index in [2.05, 4.69) is 6.58 Å². The van der Waals surface area contributed by atoms with Crippen LogP contribution in [0.25, 0.3) is 0 Å². The van der Waals surface area contributed by atoms with E-state index in [0.717, 1.165) is 6.08 Å². The SMILES string of the molecule is C=C(C)C1=C[C@H](N)[C@@H](NS(=O)(=O)C(F)(F)F)[C@H]([C@H](O)[C@H](O)CO)O1. The lowest BCUT2D eigenvalue weighted by Crippen LogP contribution is -2.63. The molecule has 0 fully saturated rings. The van der Waals surface area contributed by atoms with Crippen LogP contribution in [0.3, 0.4) is 0 Å². The number of alkyl halides is 3. The second-order valence-corrected chi connectivity index (χ2v) is 7.01. The van der Waals surface area contributed by atoms with Crippen LogP contribution in [0.1, 0.15) is 6.92 Å². The molecule has 0 spiro atoms. The molecule has 140 valence electrons. The van der Waals surface area contributed by atoms with Gasteiger partial charge in [-0.1, -0.05) is 6.58 Å². The quantitative estimate of drug-likeness (QED) is 0.388. The molecule has 0 saturated carbocycles. The Morgan fingerprint density at radius 1 is 1.50 bits per heavy atom. The normalized spacial score (nSPS) is 27.8. The number of hydrogen-bond acceptors (Lipinski definition) is 7. The van der Waals surface area contributed by atoms with Crippen molar-refractivity contribution in [3.05, 3.63) is 24.0 Å². The maximum atomic E-state index is 12.6. The molecule has 0 aromatic heterocycles. The van der Waals surface area contributed by atoms with E-state index < -0.39 is 52.5 Å².